The summed E-state index contributed by atoms with van der Waals surface area (Å²) in [6.45, 7) is 4.42. The van der Waals surface area contributed by atoms with E-state index >= 15 is 0 Å². The quantitative estimate of drug-likeness (QED) is 0.789. The highest BCUT2D eigenvalue weighted by molar-refractivity contribution is 5.97. The van der Waals surface area contributed by atoms with E-state index in [0.29, 0.717) is 19.4 Å². The Hall–Kier alpha value is -1.86. The number of methoxy groups -OCH3 is 1. The molecule has 0 atom stereocenters. The van der Waals surface area contributed by atoms with E-state index in [2.05, 4.69) is 11.4 Å². The summed E-state index contributed by atoms with van der Waals surface area (Å²) < 4.78 is 5.14. The van der Waals surface area contributed by atoms with Crippen LogP contribution in [-0.4, -0.2) is 13.0 Å². The number of amides is 1. The maximum Gasteiger partial charge on any atom is 0.244 e. The smallest absolute Gasteiger partial charge is 0.244 e. The van der Waals surface area contributed by atoms with Gasteiger partial charge in [0.25, 0.3) is 0 Å². The van der Waals surface area contributed by atoms with Gasteiger partial charge in [0.2, 0.25) is 5.91 Å². The Morgan fingerprint density at radius 2 is 1.90 bits per heavy atom. The molecule has 0 spiro atoms. The van der Waals surface area contributed by atoms with Gasteiger partial charge in [-0.25, -0.2) is 0 Å². The molecule has 4 nitrogen and oxygen atoms in total. The van der Waals surface area contributed by atoms with E-state index in [4.69, 9.17) is 4.74 Å². The highest BCUT2D eigenvalue weighted by atomic mass is 16.5. The number of carbonyl (C=O) groups excluding carboxylic acids is 1. The van der Waals surface area contributed by atoms with Crippen LogP contribution in [0.15, 0.2) is 24.3 Å². The molecule has 1 rings (SSSR count). The Kier molecular flexibility index (Phi) is 6.90. The van der Waals surface area contributed by atoms with Gasteiger partial charge in [0.15, 0.2) is 0 Å². The molecule has 0 aliphatic carbocycles. The molecular formula is C17H24N2O2. The monoisotopic (exact) mass is 288 g/mol. The van der Waals surface area contributed by atoms with Crippen molar-refractivity contribution in [3.63, 3.8) is 0 Å². The Balaban J connectivity index is 2.99. The van der Waals surface area contributed by atoms with Crippen LogP contribution < -0.4 is 5.32 Å². The van der Waals surface area contributed by atoms with Gasteiger partial charge in [-0.3, -0.25) is 4.79 Å². The van der Waals surface area contributed by atoms with Gasteiger partial charge >= 0.3 is 0 Å². The molecule has 0 aliphatic heterocycles. The van der Waals surface area contributed by atoms with Gasteiger partial charge in [0.05, 0.1) is 12.7 Å². The van der Waals surface area contributed by atoms with Crippen molar-refractivity contribution >= 4 is 11.6 Å². The lowest BCUT2D eigenvalue weighted by atomic mass is 9.79. The lowest BCUT2D eigenvalue weighted by Crippen LogP contribution is -2.35. The van der Waals surface area contributed by atoms with E-state index < -0.39 is 5.41 Å². The summed E-state index contributed by atoms with van der Waals surface area (Å²) in [4.78, 5) is 12.6. The molecule has 1 amide bonds. The molecule has 0 saturated heterocycles. The molecule has 4 heteroatoms. The molecule has 0 fully saturated rings. The van der Waals surface area contributed by atoms with Crippen LogP contribution in [0.5, 0.6) is 0 Å². The lowest BCUT2D eigenvalue weighted by Gasteiger charge is -2.25. The van der Waals surface area contributed by atoms with Crippen LogP contribution >= 0.6 is 0 Å². The molecule has 0 bridgehead atoms. The van der Waals surface area contributed by atoms with E-state index in [1.54, 1.807) is 7.11 Å². The molecule has 0 aliphatic rings. The molecule has 21 heavy (non-hydrogen) atoms. The highest BCUT2D eigenvalue weighted by Crippen LogP contribution is 2.31. The predicted molar refractivity (Wildman–Crippen MR) is 83.6 cm³/mol. The van der Waals surface area contributed by atoms with Crippen molar-refractivity contribution in [1.82, 2.24) is 0 Å². The second-order valence-corrected chi connectivity index (χ2v) is 5.24. The number of ether oxygens (including phenoxy) is 1. The van der Waals surface area contributed by atoms with Crippen LogP contribution in [0.25, 0.3) is 0 Å². The molecule has 0 radical (unpaired) electrons. The minimum atomic E-state index is -0.941. The van der Waals surface area contributed by atoms with Gasteiger partial charge in [-0.2, -0.15) is 5.26 Å². The van der Waals surface area contributed by atoms with Crippen LogP contribution in [0.2, 0.25) is 0 Å². The Labute approximate surface area is 127 Å². The number of hydrogen-bond acceptors (Lipinski definition) is 3. The molecule has 1 aromatic carbocycles. The zero-order valence-electron chi connectivity index (χ0n) is 13.1. The van der Waals surface area contributed by atoms with Gasteiger partial charge in [0, 0.05) is 18.4 Å². The average Bonchev–Trinajstić information content (AvgIpc) is 2.49. The molecular weight excluding hydrogens is 264 g/mol. The summed E-state index contributed by atoms with van der Waals surface area (Å²) in [5.74, 6) is -0.211. The largest absolute Gasteiger partial charge is 0.380 e. The first-order chi connectivity index (χ1) is 10.1. The van der Waals surface area contributed by atoms with Gasteiger partial charge in [-0.15, -0.1) is 0 Å². The zero-order chi connectivity index (χ0) is 15.7. The summed E-state index contributed by atoms with van der Waals surface area (Å²) in [6, 6.07) is 9.76. The standard InChI is InChI=1S/C17H24N2O2/c1-4-10-17(13-18,11-5-2)16(20)19-15-9-7-6-8-14(15)12-21-3/h6-9H,4-5,10-12H2,1-3H3,(H,19,20). The van der Waals surface area contributed by atoms with Gasteiger partial charge < -0.3 is 10.1 Å². The third-order valence-corrected chi connectivity index (χ3v) is 3.57. The summed E-state index contributed by atoms with van der Waals surface area (Å²) in [5, 5.41) is 12.4. The number of carbonyl (C=O) groups is 1. The summed E-state index contributed by atoms with van der Waals surface area (Å²) >= 11 is 0. The first kappa shape index (κ1) is 17.2. The van der Waals surface area contributed by atoms with Crippen LogP contribution in [0.3, 0.4) is 0 Å². The molecule has 1 aromatic rings. The van der Waals surface area contributed by atoms with E-state index in [-0.39, 0.29) is 5.91 Å². The third-order valence-electron chi connectivity index (χ3n) is 3.57. The van der Waals surface area contributed by atoms with Crippen LogP contribution in [0.4, 0.5) is 5.69 Å². The minimum absolute atomic E-state index is 0.211. The van der Waals surface area contributed by atoms with Crippen LogP contribution in [0.1, 0.15) is 45.1 Å². The van der Waals surface area contributed by atoms with E-state index in [1.807, 2.05) is 38.1 Å². The number of nitrogens with zero attached hydrogens (tertiary/aromatic N) is 1. The van der Waals surface area contributed by atoms with Crippen molar-refractivity contribution in [2.45, 2.75) is 46.1 Å². The average molecular weight is 288 g/mol. The Morgan fingerprint density at radius 3 is 2.43 bits per heavy atom. The first-order valence-electron chi connectivity index (χ1n) is 7.43. The van der Waals surface area contributed by atoms with Crippen molar-refractivity contribution in [1.29, 1.82) is 5.26 Å². The zero-order valence-corrected chi connectivity index (χ0v) is 13.1. The van der Waals surface area contributed by atoms with Gasteiger partial charge in [-0.05, 0) is 18.9 Å². The van der Waals surface area contributed by atoms with Crippen LogP contribution in [-0.2, 0) is 16.1 Å². The van der Waals surface area contributed by atoms with E-state index in [0.717, 1.165) is 24.1 Å². The molecule has 1 N–H and O–H groups in total. The van der Waals surface area contributed by atoms with Gasteiger partial charge in [0.1, 0.15) is 5.41 Å². The molecule has 0 saturated carbocycles. The Bertz CT molecular complexity index is 500. The summed E-state index contributed by atoms with van der Waals surface area (Å²) in [7, 11) is 1.62. The number of benzene rings is 1. The highest BCUT2D eigenvalue weighted by Gasteiger charge is 2.37. The topological polar surface area (TPSA) is 62.1 Å². The number of nitriles is 1. The minimum Gasteiger partial charge on any atom is -0.380 e. The second-order valence-electron chi connectivity index (χ2n) is 5.24. The van der Waals surface area contributed by atoms with Crippen LogP contribution in [0, 0.1) is 16.7 Å². The third kappa shape index (κ3) is 4.30. The summed E-state index contributed by atoms with van der Waals surface area (Å²) in [6.07, 6.45) is 2.77. The van der Waals surface area contributed by atoms with Crippen molar-refractivity contribution in [2.75, 3.05) is 12.4 Å². The molecule has 0 unspecified atom stereocenters. The first-order valence-corrected chi connectivity index (χ1v) is 7.43. The normalized spacial score (nSPS) is 11.0. The number of rotatable bonds is 8. The number of nitrogens with one attached hydrogen (secondary N) is 1. The second kappa shape index (κ2) is 8.43. The SMILES string of the molecule is CCCC(C#N)(CCC)C(=O)Nc1ccccc1COC. The number of hydrogen-bond donors (Lipinski definition) is 1. The van der Waals surface area contributed by atoms with Gasteiger partial charge in [-0.1, -0.05) is 44.9 Å². The number of anilines is 1. The summed E-state index contributed by atoms with van der Waals surface area (Å²) in [5.41, 5.74) is 0.688. The molecule has 114 valence electrons. The van der Waals surface area contributed by atoms with Crippen molar-refractivity contribution in [3.8, 4) is 6.07 Å². The number of para-hydroxylation sites is 1. The predicted octanol–water partition coefficient (Wildman–Crippen LogP) is 3.88. The van der Waals surface area contributed by atoms with Crippen molar-refractivity contribution in [2.24, 2.45) is 5.41 Å². The fraction of sp³-hybridized carbons (Fsp3) is 0.529. The Morgan fingerprint density at radius 1 is 1.29 bits per heavy atom. The van der Waals surface area contributed by atoms with Crippen molar-refractivity contribution in [3.05, 3.63) is 29.8 Å². The van der Waals surface area contributed by atoms with Crippen molar-refractivity contribution < 1.29 is 9.53 Å². The maximum absolute atomic E-state index is 12.6. The van der Waals surface area contributed by atoms with E-state index in [9.17, 15) is 10.1 Å². The maximum atomic E-state index is 12.6. The molecule has 0 heterocycles. The fourth-order valence-electron chi connectivity index (χ4n) is 2.53. The fourth-order valence-corrected chi connectivity index (χ4v) is 2.53. The molecule has 0 aromatic heterocycles. The lowest BCUT2D eigenvalue weighted by molar-refractivity contribution is -0.123. The van der Waals surface area contributed by atoms with E-state index in [1.165, 1.54) is 0 Å².